The highest BCUT2D eigenvalue weighted by Crippen LogP contribution is 2.12. The summed E-state index contributed by atoms with van der Waals surface area (Å²) in [5, 5.41) is 4.13. The van der Waals surface area contributed by atoms with Gasteiger partial charge in [-0.15, -0.1) is 0 Å². The van der Waals surface area contributed by atoms with Gasteiger partial charge in [-0.1, -0.05) is 6.92 Å². The molecule has 0 amide bonds. The molecular formula is C10H17N2O. The minimum atomic E-state index is -0.181. The van der Waals surface area contributed by atoms with Gasteiger partial charge in [-0.05, 0) is 32.8 Å². The standard InChI is InChI=1S/C10H17N2O/c1-5-10(3,4)13-8-12-7-9(2)6-11-12/h5-7H,8H2,1-4H3. The lowest BCUT2D eigenvalue weighted by molar-refractivity contribution is -0.0387. The highest BCUT2D eigenvalue weighted by Gasteiger charge is 2.15. The van der Waals surface area contributed by atoms with Gasteiger partial charge < -0.3 is 4.74 Å². The van der Waals surface area contributed by atoms with E-state index in [-0.39, 0.29) is 5.60 Å². The zero-order valence-electron chi connectivity index (χ0n) is 8.74. The van der Waals surface area contributed by atoms with Crippen LogP contribution >= 0.6 is 0 Å². The molecule has 73 valence electrons. The normalized spacial score (nSPS) is 12.0. The summed E-state index contributed by atoms with van der Waals surface area (Å²) in [5.74, 6) is 0. The van der Waals surface area contributed by atoms with E-state index in [0.29, 0.717) is 6.73 Å². The van der Waals surface area contributed by atoms with Gasteiger partial charge in [0.25, 0.3) is 0 Å². The highest BCUT2D eigenvalue weighted by atomic mass is 16.5. The molecule has 1 aromatic heterocycles. The van der Waals surface area contributed by atoms with Crippen LogP contribution in [0.15, 0.2) is 12.4 Å². The summed E-state index contributed by atoms with van der Waals surface area (Å²) in [6, 6.07) is 0. The fourth-order valence-corrected chi connectivity index (χ4v) is 0.853. The molecule has 0 aromatic carbocycles. The first-order chi connectivity index (χ1) is 6.03. The zero-order chi connectivity index (χ0) is 9.90. The van der Waals surface area contributed by atoms with Crippen LogP contribution in [0.2, 0.25) is 0 Å². The summed E-state index contributed by atoms with van der Waals surface area (Å²) in [6.45, 7) is 8.58. The first-order valence-corrected chi connectivity index (χ1v) is 4.47. The largest absolute Gasteiger partial charge is 0.353 e. The number of aromatic nitrogens is 2. The van der Waals surface area contributed by atoms with Crippen molar-refractivity contribution >= 4 is 0 Å². The second-order valence-electron chi connectivity index (χ2n) is 3.72. The summed E-state index contributed by atoms with van der Waals surface area (Å²) < 4.78 is 7.42. The van der Waals surface area contributed by atoms with Gasteiger partial charge in [0.15, 0.2) is 0 Å². The van der Waals surface area contributed by atoms with E-state index in [0.717, 1.165) is 5.56 Å². The number of nitrogens with zero attached hydrogens (tertiary/aromatic N) is 2. The summed E-state index contributed by atoms with van der Waals surface area (Å²) in [7, 11) is 0. The Morgan fingerprint density at radius 1 is 1.62 bits per heavy atom. The smallest absolute Gasteiger partial charge is 0.140 e. The van der Waals surface area contributed by atoms with E-state index in [1.165, 1.54) is 0 Å². The molecule has 0 bridgehead atoms. The van der Waals surface area contributed by atoms with E-state index in [1.807, 2.05) is 46.5 Å². The van der Waals surface area contributed by atoms with Crippen molar-refractivity contribution in [3.05, 3.63) is 24.4 Å². The Labute approximate surface area is 79.7 Å². The number of ether oxygens (including phenoxy) is 1. The van der Waals surface area contributed by atoms with E-state index in [2.05, 4.69) is 5.10 Å². The molecule has 0 aliphatic carbocycles. The van der Waals surface area contributed by atoms with Crippen LogP contribution in [-0.4, -0.2) is 15.4 Å². The lowest BCUT2D eigenvalue weighted by atomic mass is 10.1. The van der Waals surface area contributed by atoms with Gasteiger partial charge in [-0.25, -0.2) is 4.68 Å². The van der Waals surface area contributed by atoms with Crippen molar-refractivity contribution in [3.63, 3.8) is 0 Å². The topological polar surface area (TPSA) is 27.1 Å². The second-order valence-corrected chi connectivity index (χ2v) is 3.72. The molecule has 0 aliphatic rings. The van der Waals surface area contributed by atoms with Crippen LogP contribution in [0.3, 0.4) is 0 Å². The van der Waals surface area contributed by atoms with Crippen molar-refractivity contribution in [2.75, 3.05) is 0 Å². The number of hydrogen-bond donors (Lipinski definition) is 0. The lowest BCUT2D eigenvalue weighted by Gasteiger charge is -2.22. The maximum absolute atomic E-state index is 5.62. The SMILES string of the molecule is C[CH]C(C)(C)OCn1cc(C)cn1. The number of hydrogen-bond acceptors (Lipinski definition) is 2. The molecule has 0 spiro atoms. The molecule has 0 unspecified atom stereocenters. The first kappa shape index (κ1) is 10.3. The fourth-order valence-electron chi connectivity index (χ4n) is 0.853. The molecule has 1 heterocycles. The Bertz CT molecular complexity index is 266. The highest BCUT2D eigenvalue weighted by molar-refractivity contribution is 4.99. The third kappa shape index (κ3) is 3.19. The van der Waals surface area contributed by atoms with Crippen LogP contribution in [0.1, 0.15) is 26.3 Å². The van der Waals surface area contributed by atoms with Gasteiger partial charge >= 0.3 is 0 Å². The van der Waals surface area contributed by atoms with Crippen LogP contribution in [0.25, 0.3) is 0 Å². The Balaban J connectivity index is 2.43. The van der Waals surface area contributed by atoms with E-state index < -0.39 is 0 Å². The second kappa shape index (κ2) is 3.92. The van der Waals surface area contributed by atoms with Gasteiger partial charge in [0, 0.05) is 6.20 Å². The van der Waals surface area contributed by atoms with Crippen molar-refractivity contribution < 1.29 is 4.74 Å². The van der Waals surface area contributed by atoms with Gasteiger partial charge in [0.1, 0.15) is 6.73 Å². The number of rotatable bonds is 4. The summed E-state index contributed by atoms with van der Waals surface area (Å²) in [4.78, 5) is 0. The maximum atomic E-state index is 5.62. The predicted octanol–water partition coefficient (Wildman–Crippen LogP) is 2.17. The van der Waals surface area contributed by atoms with Gasteiger partial charge in [-0.2, -0.15) is 5.10 Å². The molecule has 13 heavy (non-hydrogen) atoms. The van der Waals surface area contributed by atoms with E-state index in [4.69, 9.17) is 4.74 Å². The summed E-state index contributed by atoms with van der Waals surface area (Å²) >= 11 is 0. The molecule has 1 rings (SSSR count). The summed E-state index contributed by atoms with van der Waals surface area (Å²) in [5.41, 5.74) is 0.974. The number of aryl methyl sites for hydroxylation is 1. The monoisotopic (exact) mass is 181 g/mol. The molecule has 0 aliphatic heterocycles. The fraction of sp³-hybridized carbons (Fsp3) is 0.600. The lowest BCUT2D eigenvalue weighted by Crippen LogP contribution is -2.25. The van der Waals surface area contributed by atoms with Crippen molar-refractivity contribution in [1.29, 1.82) is 0 Å². The molecule has 1 radical (unpaired) electrons. The quantitative estimate of drug-likeness (QED) is 0.711. The van der Waals surface area contributed by atoms with E-state index in [1.54, 1.807) is 4.68 Å². The van der Waals surface area contributed by atoms with Crippen molar-refractivity contribution in [3.8, 4) is 0 Å². The summed E-state index contributed by atoms with van der Waals surface area (Å²) in [6.07, 6.45) is 5.82. The van der Waals surface area contributed by atoms with Crippen molar-refractivity contribution in [2.24, 2.45) is 0 Å². The molecule has 3 heteroatoms. The average molecular weight is 181 g/mol. The van der Waals surface area contributed by atoms with Crippen molar-refractivity contribution in [2.45, 2.75) is 40.0 Å². The van der Waals surface area contributed by atoms with Gasteiger partial charge in [0.2, 0.25) is 0 Å². The Kier molecular flexibility index (Phi) is 3.09. The molecule has 0 saturated heterocycles. The molecule has 3 nitrogen and oxygen atoms in total. The molecular weight excluding hydrogens is 164 g/mol. The zero-order valence-corrected chi connectivity index (χ0v) is 8.74. The minimum Gasteiger partial charge on any atom is -0.353 e. The van der Waals surface area contributed by atoms with Crippen LogP contribution in [0.5, 0.6) is 0 Å². The Morgan fingerprint density at radius 2 is 2.31 bits per heavy atom. The van der Waals surface area contributed by atoms with Crippen LogP contribution in [-0.2, 0) is 11.5 Å². The van der Waals surface area contributed by atoms with E-state index >= 15 is 0 Å². The van der Waals surface area contributed by atoms with Gasteiger partial charge in [0.05, 0.1) is 11.8 Å². The molecule has 0 fully saturated rings. The van der Waals surface area contributed by atoms with E-state index in [9.17, 15) is 0 Å². The molecule has 0 saturated carbocycles. The maximum Gasteiger partial charge on any atom is 0.140 e. The minimum absolute atomic E-state index is 0.181. The van der Waals surface area contributed by atoms with Crippen LogP contribution < -0.4 is 0 Å². The average Bonchev–Trinajstić information content (AvgIpc) is 2.48. The first-order valence-electron chi connectivity index (χ1n) is 4.47. The van der Waals surface area contributed by atoms with Gasteiger partial charge in [-0.3, -0.25) is 0 Å². The van der Waals surface area contributed by atoms with Crippen LogP contribution in [0.4, 0.5) is 0 Å². The van der Waals surface area contributed by atoms with Crippen LogP contribution in [0, 0.1) is 13.3 Å². The molecule has 0 N–H and O–H groups in total. The Morgan fingerprint density at radius 3 is 2.77 bits per heavy atom. The third-order valence-electron chi connectivity index (χ3n) is 2.03. The molecule has 0 atom stereocenters. The Hall–Kier alpha value is -0.830. The molecule has 1 aromatic rings. The van der Waals surface area contributed by atoms with Crippen molar-refractivity contribution in [1.82, 2.24) is 9.78 Å². The predicted molar refractivity (Wildman–Crippen MR) is 52.1 cm³/mol. The third-order valence-corrected chi connectivity index (χ3v) is 2.03.